The minimum absolute atomic E-state index is 0.0106. The summed E-state index contributed by atoms with van der Waals surface area (Å²) in [7, 11) is 0. The first-order chi connectivity index (χ1) is 20.2. The first kappa shape index (κ1) is 26.2. The van der Waals surface area contributed by atoms with Gasteiger partial charge in [-0.05, 0) is 72.7 Å². The number of hydrogen-bond acceptors (Lipinski definition) is 4. The Kier molecular flexibility index (Phi) is 5.62. The van der Waals surface area contributed by atoms with E-state index in [2.05, 4.69) is 14.8 Å². The highest BCUT2D eigenvalue weighted by molar-refractivity contribution is 6.31. The van der Waals surface area contributed by atoms with Crippen molar-refractivity contribution in [2.45, 2.75) is 56.1 Å². The third-order valence-corrected chi connectivity index (χ3v) is 10.4. The quantitative estimate of drug-likeness (QED) is 0.281. The van der Waals surface area contributed by atoms with Crippen molar-refractivity contribution in [2.75, 3.05) is 11.9 Å². The Morgan fingerprint density at radius 2 is 2.00 bits per heavy atom. The Bertz CT molecular complexity index is 1850. The summed E-state index contributed by atoms with van der Waals surface area (Å²) in [6, 6.07) is 13.9. The lowest BCUT2D eigenvalue weighted by Crippen LogP contribution is -2.61. The number of likely N-dealkylation sites (tertiary alicyclic amines) is 1. The maximum atomic E-state index is 16.1. The van der Waals surface area contributed by atoms with E-state index in [0.29, 0.717) is 46.2 Å². The number of amides is 1. The van der Waals surface area contributed by atoms with Crippen LogP contribution in [0.25, 0.3) is 11.0 Å². The van der Waals surface area contributed by atoms with Crippen LogP contribution in [-0.4, -0.2) is 49.6 Å². The van der Waals surface area contributed by atoms with Crippen molar-refractivity contribution in [2.24, 2.45) is 5.92 Å². The molecule has 42 heavy (non-hydrogen) atoms. The molecule has 10 heteroatoms. The number of carbonyl (C=O) groups excluding carboxylic acids is 1. The third kappa shape index (κ3) is 3.58. The van der Waals surface area contributed by atoms with Gasteiger partial charge < -0.3 is 15.0 Å². The Hall–Kier alpha value is -3.46. The van der Waals surface area contributed by atoms with E-state index in [-0.39, 0.29) is 28.5 Å². The minimum Gasteiger partial charge on any atom is -0.478 e. The lowest BCUT2D eigenvalue weighted by atomic mass is 9.69. The van der Waals surface area contributed by atoms with E-state index in [1.54, 1.807) is 31.2 Å². The maximum absolute atomic E-state index is 16.1. The van der Waals surface area contributed by atoms with Gasteiger partial charge in [-0.2, -0.15) is 0 Å². The second kappa shape index (κ2) is 9.02. The molecular formula is C32H27Cl2FN4O3. The average molecular weight is 605 g/mol. The third-order valence-electron chi connectivity index (χ3n) is 9.86. The number of aryl methyl sites for hydroxylation is 1. The molecule has 0 bridgehead atoms. The van der Waals surface area contributed by atoms with E-state index in [1.165, 1.54) is 6.07 Å². The lowest BCUT2D eigenvalue weighted by Gasteiger charge is -2.46. The second-order valence-electron chi connectivity index (χ2n) is 12.2. The van der Waals surface area contributed by atoms with Gasteiger partial charge in [0.1, 0.15) is 17.2 Å². The largest absolute Gasteiger partial charge is 0.478 e. The van der Waals surface area contributed by atoms with Gasteiger partial charge in [-0.1, -0.05) is 41.4 Å². The van der Waals surface area contributed by atoms with Crippen molar-refractivity contribution < 1.29 is 19.1 Å². The summed E-state index contributed by atoms with van der Waals surface area (Å²) in [5.74, 6) is -1.41. The molecule has 3 aromatic carbocycles. The Labute approximate surface area is 251 Å². The predicted molar refractivity (Wildman–Crippen MR) is 158 cm³/mol. The van der Waals surface area contributed by atoms with Crippen LogP contribution < -0.4 is 5.32 Å². The van der Waals surface area contributed by atoms with Crippen LogP contribution >= 0.6 is 23.2 Å². The van der Waals surface area contributed by atoms with Crippen molar-refractivity contribution in [3.05, 3.63) is 92.5 Å². The molecule has 1 saturated carbocycles. The molecule has 7 nitrogen and oxygen atoms in total. The van der Waals surface area contributed by atoms with Gasteiger partial charge in [0.05, 0.1) is 21.6 Å². The van der Waals surface area contributed by atoms with Crippen molar-refractivity contribution in [1.82, 2.24) is 14.5 Å². The van der Waals surface area contributed by atoms with Crippen LogP contribution in [0.2, 0.25) is 10.0 Å². The summed E-state index contributed by atoms with van der Waals surface area (Å²) in [4.78, 5) is 33.8. The van der Waals surface area contributed by atoms with Gasteiger partial charge in [-0.3, -0.25) is 9.69 Å². The van der Waals surface area contributed by atoms with Gasteiger partial charge in [0.15, 0.2) is 0 Å². The fraction of sp³-hybridized carbons (Fsp3) is 0.344. The van der Waals surface area contributed by atoms with E-state index < -0.39 is 23.2 Å². The first-order valence-corrected chi connectivity index (χ1v) is 15.0. The summed E-state index contributed by atoms with van der Waals surface area (Å²) in [6.07, 6.45) is 2.58. The molecule has 4 atom stereocenters. The zero-order valence-electron chi connectivity index (χ0n) is 22.7. The number of imidazole rings is 1. The van der Waals surface area contributed by atoms with Crippen LogP contribution in [-0.2, 0) is 17.8 Å². The molecular weight excluding hydrogens is 578 g/mol. The molecule has 8 rings (SSSR count). The Morgan fingerprint density at radius 1 is 1.19 bits per heavy atom. The van der Waals surface area contributed by atoms with Crippen molar-refractivity contribution in [3.63, 3.8) is 0 Å². The number of fused-ring (bicyclic) bond motifs is 6. The van der Waals surface area contributed by atoms with E-state index in [1.807, 2.05) is 18.2 Å². The molecule has 1 spiro atoms. The van der Waals surface area contributed by atoms with E-state index in [9.17, 15) is 14.7 Å². The van der Waals surface area contributed by atoms with Crippen LogP contribution in [0.3, 0.4) is 0 Å². The fourth-order valence-corrected chi connectivity index (χ4v) is 8.22. The average Bonchev–Trinajstić information content (AvgIpc) is 3.54. The molecule has 4 aliphatic rings. The summed E-state index contributed by atoms with van der Waals surface area (Å²) in [6.45, 7) is 3.07. The molecule has 2 fully saturated rings. The number of carboxylic acids is 1. The van der Waals surface area contributed by atoms with E-state index in [4.69, 9.17) is 28.2 Å². The number of halogens is 3. The van der Waals surface area contributed by atoms with Crippen LogP contribution in [0.1, 0.15) is 57.6 Å². The first-order valence-electron chi connectivity index (χ1n) is 14.2. The molecule has 3 aliphatic heterocycles. The number of carbonyl (C=O) groups is 2. The molecule has 1 aliphatic carbocycles. The second-order valence-corrected chi connectivity index (χ2v) is 13.1. The van der Waals surface area contributed by atoms with E-state index in [0.717, 1.165) is 36.3 Å². The van der Waals surface area contributed by atoms with Crippen LogP contribution in [0.15, 0.2) is 48.5 Å². The number of aromatic nitrogens is 2. The normalized spacial score (nSPS) is 26.4. The fourth-order valence-electron chi connectivity index (χ4n) is 7.87. The van der Waals surface area contributed by atoms with Gasteiger partial charge in [0, 0.05) is 48.1 Å². The smallest absolute Gasteiger partial charge is 0.336 e. The lowest BCUT2D eigenvalue weighted by molar-refractivity contribution is -0.129. The SMILES string of the molecule is Cc1cc2c(cc1C(=O)O)nc1n2C[C@H]2[C@@H]1[C@H](c1cccc(Cl)c1F)[C@@]1(Cc3ccc(Cl)cc3NC1=O)N2CC1CC1. The van der Waals surface area contributed by atoms with Crippen molar-refractivity contribution >= 4 is 51.8 Å². The molecule has 4 aromatic rings. The van der Waals surface area contributed by atoms with Crippen molar-refractivity contribution in [3.8, 4) is 0 Å². The number of benzene rings is 3. The molecule has 4 heterocycles. The van der Waals surface area contributed by atoms with Crippen LogP contribution in [0.4, 0.5) is 10.1 Å². The standard InChI is InChI=1S/C32H27Cl2FN4O3/c1-15-9-24-23(11-20(15)30(40)41)36-29-26-25(14-38(24)29)39(13-16-5-6-16)32(27(26)19-3-2-4-21(34)28(19)35)12-17-7-8-18(33)10-22(17)37-31(32)42/h2-4,7-11,16,25-27H,5-6,12-14H2,1H3,(H,37,42)(H,40,41)/t25-,26+,27-,32+/m0/s1. The van der Waals surface area contributed by atoms with Crippen molar-refractivity contribution in [1.29, 1.82) is 0 Å². The molecule has 0 unspecified atom stereocenters. The highest BCUT2D eigenvalue weighted by Gasteiger charge is 2.67. The molecule has 2 N–H and O–H groups in total. The number of nitrogens with zero attached hydrogens (tertiary/aromatic N) is 3. The summed E-state index contributed by atoms with van der Waals surface area (Å²) in [5, 5.41) is 13.4. The Balaban J connectivity index is 1.38. The van der Waals surface area contributed by atoms with Gasteiger partial charge in [0.25, 0.3) is 0 Å². The maximum Gasteiger partial charge on any atom is 0.336 e. The van der Waals surface area contributed by atoms with Gasteiger partial charge >= 0.3 is 5.97 Å². The molecule has 1 amide bonds. The minimum atomic E-state index is -1.09. The number of carboxylic acid groups (broad SMARTS) is 1. The predicted octanol–water partition coefficient (Wildman–Crippen LogP) is 6.40. The zero-order chi connectivity index (χ0) is 29.1. The van der Waals surface area contributed by atoms with Gasteiger partial charge in [-0.15, -0.1) is 0 Å². The highest BCUT2D eigenvalue weighted by Crippen LogP contribution is 2.61. The monoisotopic (exact) mass is 604 g/mol. The Morgan fingerprint density at radius 3 is 2.76 bits per heavy atom. The number of rotatable bonds is 4. The number of anilines is 1. The summed E-state index contributed by atoms with van der Waals surface area (Å²) < 4.78 is 18.2. The zero-order valence-corrected chi connectivity index (χ0v) is 24.2. The number of hydrogen-bond donors (Lipinski definition) is 2. The number of nitrogens with one attached hydrogen (secondary N) is 1. The highest BCUT2D eigenvalue weighted by atomic mass is 35.5. The van der Waals surface area contributed by atoms with Gasteiger partial charge in [-0.25, -0.2) is 14.2 Å². The summed E-state index contributed by atoms with van der Waals surface area (Å²) >= 11 is 12.7. The van der Waals surface area contributed by atoms with Gasteiger partial charge in [0.2, 0.25) is 5.91 Å². The number of aromatic carboxylic acids is 1. The summed E-state index contributed by atoms with van der Waals surface area (Å²) in [5.41, 5.74) is 3.22. The molecule has 1 saturated heterocycles. The van der Waals surface area contributed by atoms with Crippen LogP contribution in [0, 0.1) is 18.7 Å². The molecule has 214 valence electrons. The molecule has 0 radical (unpaired) electrons. The van der Waals surface area contributed by atoms with Crippen LogP contribution in [0.5, 0.6) is 0 Å². The van der Waals surface area contributed by atoms with E-state index >= 15 is 4.39 Å². The topological polar surface area (TPSA) is 87.5 Å². The molecule has 1 aromatic heterocycles.